The Morgan fingerprint density at radius 3 is 2.44 bits per heavy atom. The Balaban J connectivity index is 2.56. The second kappa shape index (κ2) is 4.29. The quantitative estimate of drug-likeness (QED) is 0.669. The molecule has 2 aliphatic carbocycles. The van der Waals surface area contributed by atoms with Crippen molar-refractivity contribution in [3.05, 3.63) is 53.6 Å². The van der Waals surface area contributed by atoms with E-state index in [4.69, 9.17) is 10.5 Å². The van der Waals surface area contributed by atoms with Gasteiger partial charge in [-0.3, -0.25) is 0 Å². The lowest BCUT2D eigenvalue weighted by atomic mass is 10.1. The highest BCUT2D eigenvalue weighted by atomic mass is 14.3. The summed E-state index contributed by atoms with van der Waals surface area (Å²) in [7, 11) is 0. The van der Waals surface area contributed by atoms with Gasteiger partial charge in [0.2, 0.25) is 0 Å². The number of nitriles is 2. The minimum Gasteiger partial charge on any atom is -0.192 e. The van der Waals surface area contributed by atoms with Gasteiger partial charge < -0.3 is 0 Å². The lowest BCUT2D eigenvalue weighted by Gasteiger charge is -1.94. The van der Waals surface area contributed by atoms with E-state index in [9.17, 15) is 0 Å². The van der Waals surface area contributed by atoms with E-state index >= 15 is 0 Å². The maximum atomic E-state index is 8.71. The van der Waals surface area contributed by atoms with Crippen LogP contribution in [0.2, 0.25) is 0 Å². The van der Waals surface area contributed by atoms with Crippen LogP contribution in [0.1, 0.15) is 5.56 Å². The third kappa shape index (κ3) is 1.78. The Kier molecular flexibility index (Phi) is 2.67. The number of hydrogen-bond acceptors (Lipinski definition) is 2. The van der Waals surface area contributed by atoms with E-state index < -0.39 is 0 Å². The standard InChI is InChI=1S/C14H8N2/c15-9-11(10-16)8-13-7-6-12-4-2-1-3-5-14(12)13/h1-8H. The van der Waals surface area contributed by atoms with Gasteiger partial charge in [-0.15, -0.1) is 0 Å². The maximum absolute atomic E-state index is 8.71. The van der Waals surface area contributed by atoms with E-state index in [1.807, 2.05) is 54.6 Å². The molecule has 2 aliphatic rings. The second-order valence-electron chi connectivity index (χ2n) is 3.35. The molecule has 0 atom stereocenters. The Labute approximate surface area is 94.0 Å². The molecule has 2 heteroatoms. The molecule has 0 aliphatic heterocycles. The third-order valence-electron chi connectivity index (χ3n) is 2.37. The normalized spacial score (nSPS) is 9.12. The van der Waals surface area contributed by atoms with Crippen molar-refractivity contribution in [1.29, 1.82) is 10.5 Å². The van der Waals surface area contributed by atoms with Gasteiger partial charge in [0.15, 0.2) is 0 Å². The molecule has 0 heterocycles. The molecule has 16 heavy (non-hydrogen) atoms. The van der Waals surface area contributed by atoms with Gasteiger partial charge in [-0.1, -0.05) is 42.5 Å². The first kappa shape index (κ1) is 9.96. The fourth-order valence-corrected chi connectivity index (χ4v) is 1.61. The van der Waals surface area contributed by atoms with Crippen LogP contribution >= 0.6 is 0 Å². The van der Waals surface area contributed by atoms with Gasteiger partial charge in [0, 0.05) is 0 Å². The smallest absolute Gasteiger partial charge is 0.130 e. The molecule has 2 rings (SSSR count). The van der Waals surface area contributed by atoms with Crippen LogP contribution in [-0.2, 0) is 0 Å². The van der Waals surface area contributed by atoms with Crippen LogP contribution < -0.4 is 0 Å². The zero-order valence-corrected chi connectivity index (χ0v) is 8.51. The fraction of sp³-hybridized carbons (Fsp3) is 0. The topological polar surface area (TPSA) is 47.6 Å². The van der Waals surface area contributed by atoms with Crippen LogP contribution in [0.4, 0.5) is 0 Å². The molecule has 0 spiro atoms. The number of allylic oxidation sites excluding steroid dienone is 1. The average molecular weight is 204 g/mol. The third-order valence-corrected chi connectivity index (χ3v) is 2.37. The van der Waals surface area contributed by atoms with Crippen LogP contribution in [0, 0.1) is 22.7 Å². The molecule has 0 aromatic heterocycles. The van der Waals surface area contributed by atoms with Gasteiger partial charge in [0.1, 0.15) is 17.7 Å². The van der Waals surface area contributed by atoms with E-state index in [1.54, 1.807) is 6.08 Å². The van der Waals surface area contributed by atoms with E-state index in [0.717, 1.165) is 16.7 Å². The molecular formula is C14H8N2. The fourth-order valence-electron chi connectivity index (χ4n) is 1.61. The molecule has 0 amide bonds. The summed E-state index contributed by atoms with van der Waals surface area (Å²) in [6.07, 6.45) is 1.61. The minimum absolute atomic E-state index is 0.124. The van der Waals surface area contributed by atoms with Crippen molar-refractivity contribution in [3.8, 4) is 23.3 Å². The number of rotatable bonds is 1. The lowest BCUT2D eigenvalue weighted by molar-refractivity contribution is 1.47. The zero-order chi connectivity index (χ0) is 11.4. The van der Waals surface area contributed by atoms with E-state index in [-0.39, 0.29) is 5.57 Å². The summed E-state index contributed by atoms with van der Waals surface area (Å²) in [5.74, 6) is 0. The number of fused-ring (bicyclic) bond motifs is 1. The minimum atomic E-state index is 0.124. The predicted molar refractivity (Wildman–Crippen MR) is 62.3 cm³/mol. The molecule has 74 valence electrons. The van der Waals surface area contributed by atoms with Crippen molar-refractivity contribution >= 4 is 6.08 Å². The SMILES string of the molecule is N#CC(C#N)=Cc1ccc2cccccc1-2. The molecule has 0 saturated carbocycles. The molecule has 0 bridgehead atoms. The van der Waals surface area contributed by atoms with Gasteiger partial charge in [0.25, 0.3) is 0 Å². The van der Waals surface area contributed by atoms with Crippen LogP contribution in [0.3, 0.4) is 0 Å². The first-order chi connectivity index (χ1) is 7.85. The first-order valence-corrected chi connectivity index (χ1v) is 4.85. The van der Waals surface area contributed by atoms with Gasteiger partial charge in [-0.2, -0.15) is 10.5 Å². The molecule has 0 N–H and O–H groups in total. The molecule has 0 radical (unpaired) electrons. The van der Waals surface area contributed by atoms with Crippen molar-refractivity contribution in [1.82, 2.24) is 0 Å². The van der Waals surface area contributed by atoms with Crippen LogP contribution in [-0.4, -0.2) is 0 Å². The van der Waals surface area contributed by atoms with Gasteiger partial charge >= 0.3 is 0 Å². The zero-order valence-electron chi connectivity index (χ0n) is 8.51. The molecule has 0 unspecified atom stereocenters. The summed E-state index contributed by atoms with van der Waals surface area (Å²) in [6.45, 7) is 0. The Hall–Kier alpha value is -2.58. The second-order valence-corrected chi connectivity index (χ2v) is 3.35. The molecule has 0 fully saturated rings. The molecule has 2 nitrogen and oxygen atoms in total. The summed E-state index contributed by atoms with van der Waals surface area (Å²) in [5, 5.41) is 17.4. The number of nitrogens with zero attached hydrogens (tertiary/aromatic N) is 2. The summed E-state index contributed by atoms with van der Waals surface area (Å²) >= 11 is 0. The molecule has 0 aromatic carbocycles. The Morgan fingerprint density at radius 1 is 0.938 bits per heavy atom. The summed E-state index contributed by atoms with van der Waals surface area (Å²) in [4.78, 5) is 0. The van der Waals surface area contributed by atoms with E-state index in [1.165, 1.54) is 0 Å². The highest BCUT2D eigenvalue weighted by molar-refractivity contribution is 5.80. The molecular weight excluding hydrogens is 196 g/mol. The highest BCUT2D eigenvalue weighted by Crippen LogP contribution is 2.28. The van der Waals surface area contributed by atoms with Crippen LogP contribution in [0.15, 0.2) is 48.0 Å². The largest absolute Gasteiger partial charge is 0.192 e. The van der Waals surface area contributed by atoms with E-state index in [2.05, 4.69) is 0 Å². The molecule has 0 saturated heterocycles. The van der Waals surface area contributed by atoms with Crippen molar-refractivity contribution in [2.75, 3.05) is 0 Å². The van der Waals surface area contributed by atoms with Crippen LogP contribution in [0.25, 0.3) is 17.2 Å². The maximum Gasteiger partial charge on any atom is 0.130 e. The Bertz CT molecular complexity index is 581. The van der Waals surface area contributed by atoms with Crippen molar-refractivity contribution in [2.24, 2.45) is 0 Å². The van der Waals surface area contributed by atoms with Crippen molar-refractivity contribution in [3.63, 3.8) is 0 Å². The van der Waals surface area contributed by atoms with Gasteiger partial charge in [-0.05, 0) is 22.8 Å². The van der Waals surface area contributed by atoms with Gasteiger partial charge in [-0.25, -0.2) is 0 Å². The lowest BCUT2D eigenvalue weighted by Crippen LogP contribution is -1.75. The van der Waals surface area contributed by atoms with E-state index in [0.29, 0.717) is 0 Å². The van der Waals surface area contributed by atoms with Gasteiger partial charge in [0.05, 0.1) is 0 Å². The Morgan fingerprint density at radius 2 is 1.69 bits per heavy atom. The average Bonchev–Trinajstić information content (AvgIpc) is 2.54. The van der Waals surface area contributed by atoms with Crippen molar-refractivity contribution in [2.45, 2.75) is 0 Å². The first-order valence-electron chi connectivity index (χ1n) is 4.85. The summed E-state index contributed by atoms with van der Waals surface area (Å²) in [5.41, 5.74) is 3.18. The van der Waals surface area contributed by atoms with Crippen LogP contribution in [0.5, 0.6) is 0 Å². The summed E-state index contributed by atoms with van der Waals surface area (Å²) in [6, 6.07) is 17.5. The predicted octanol–water partition coefficient (Wildman–Crippen LogP) is 3.22. The highest BCUT2D eigenvalue weighted by Gasteiger charge is 2.06. The number of hydrogen-bond donors (Lipinski definition) is 0. The summed E-state index contributed by atoms with van der Waals surface area (Å²) < 4.78 is 0. The molecule has 0 aromatic rings. The van der Waals surface area contributed by atoms with Crippen molar-refractivity contribution < 1.29 is 0 Å². The monoisotopic (exact) mass is 204 g/mol.